The molecule has 4 heteroatoms. The Labute approximate surface area is 167 Å². The second-order valence-electron chi connectivity index (χ2n) is 7.03. The lowest BCUT2D eigenvalue weighted by atomic mass is 10.1. The highest BCUT2D eigenvalue weighted by Crippen LogP contribution is 2.29. The van der Waals surface area contributed by atoms with Crippen LogP contribution in [-0.2, 0) is 6.54 Å². The van der Waals surface area contributed by atoms with E-state index in [0.29, 0.717) is 5.02 Å². The van der Waals surface area contributed by atoms with Crippen LogP contribution in [0.1, 0.15) is 56.5 Å². The molecule has 1 heterocycles. The zero-order valence-corrected chi connectivity index (χ0v) is 16.7. The summed E-state index contributed by atoms with van der Waals surface area (Å²) in [5, 5.41) is 0.713. The standard InChI is InChI=1S/C23H28ClN3/c1-2-3-4-8-15-21(25)23-26-22(19-13-9-10-14-20(19)24)17-27(23)16-18-11-6-5-7-12-18/h5-7,9-14,17,21H,2-4,8,15-16,25H2,1H3. The van der Waals surface area contributed by atoms with Gasteiger partial charge in [0.05, 0.1) is 16.8 Å². The molecule has 1 aromatic heterocycles. The minimum atomic E-state index is -0.0678. The van der Waals surface area contributed by atoms with Crippen LogP contribution in [0.4, 0.5) is 0 Å². The Bertz CT molecular complexity index is 842. The number of hydrogen-bond donors (Lipinski definition) is 1. The Morgan fingerprint density at radius 1 is 1.00 bits per heavy atom. The predicted octanol–water partition coefficient (Wildman–Crippen LogP) is 6.22. The number of rotatable bonds is 9. The first kappa shape index (κ1) is 19.7. The molecule has 142 valence electrons. The average molecular weight is 382 g/mol. The molecule has 0 aliphatic heterocycles. The number of benzene rings is 2. The highest BCUT2D eigenvalue weighted by molar-refractivity contribution is 6.33. The van der Waals surface area contributed by atoms with Crippen molar-refractivity contribution in [2.45, 2.75) is 51.6 Å². The molecule has 0 saturated carbocycles. The number of imidazole rings is 1. The molecule has 3 aromatic rings. The van der Waals surface area contributed by atoms with Gasteiger partial charge < -0.3 is 10.3 Å². The van der Waals surface area contributed by atoms with Gasteiger partial charge in [-0.05, 0) is 18.1 Å². The van der Waals surface area contributed by atoms with Crippen molar-refractivity contribution in [3.8, 4) is 11.3 Å². The number of aromatic nitrogens is 2. The first-order valence-electron chi connectivity index (χ1n) is 9.80. The third kappa shape index (κ3) is 5.21. The quantitative estimate of drug-likeness (QED) is 0.447. The van der Waals surface area contributed by atoms with E-state index >= 15 is 0 Å². The van der Waals surface area contributed by atoms with Gasteiger partial charge in [0.1, 0.15) is 5.82 Å². The summed E-state index contributed by atoms with van der Waals surface area (Å²) in [7, 11) is 0. The highest BCUT2D eigenvalue weighted by Gasteiger charge is 2.17. The average Bonchev–Trinajstić information content (AvgIpc) is 3.10. The molecule has 0 aliphatic carbocycles. The smallest absolute Gasteiger partial charge is 0.126 e. The van der Waals surface area contributed by atoms with Gasteiger partial charge in [-0.2, -0.15) is 0 Å². The van der Waals surface area contributed by atoms with E-state index in [4.69, 9.17) is 22.3 Å². The summed E-state index contributed by atoms with van der Waals surface area (Å²) in [6, 6.07) is 18.2. The lowest BCUT2D eigenvalue weighted by molar-refractivity contribution is 0.527. The van der Waals surface area contributed by atoms with Crippen molar-refractivity contribution in [2.75, 3.05) is 0 Å². The molecule has 0 bridgehead atoms. The first-order valence-corrected chi connectivity index (χ1v) is 10.2. The molecular formula is C23H28ClN3. The fraction of sp³-hybridized carbons (Fsp3) is 0.348. The van der Waals surface area contributed by atoms with Gasteiger partial charge in [-0.3, -0.25) is 0 Å². The van der Waals surface area contributed by atoms with Gasteiger partial charge in [0, 0.05) is 18.3 Å². The number of hydrogen-bond acceptors (Lipinski definition) is 2. The van der Waals surface area contributed by atoms with Crippen LogP contribution in [0.15, 0.2) is 60.8 Å². The minimum absolute atomic E-state index is 0.0678. The summed E-state index contributed by atoms with van der Waals surface area (Å²) >= 11 is 6.40. The zero-order chi connectivity index (χ0) is 19.1. The number of nitrogens with zero attached hydrogens (tertiary/aromatic N) is 2. The van der Waals surface area contributed by atoms with Gasteiger partial charge in [-0.15, -0.1) is 0 Å². The Kier molecular flexibility index (Phi) is 7.08. The fourth-order valence-electron chi connectivity index (χ4n) is 3.35. The Hall–Kier alpha value is -2.10. The molecule has 1 atom stereocenters. The second-order valence-corrected chi connectivity index (χ2v) is 7.44. The molecule has 0 amide bonds. The van der Waals surface area contributed by atoms with E-state index in [1.807, 2.05) is 30.3 Å². The zero-order valence-electron chi connectivity index (χ0n) is 15.9. The van der Waals surface area contributed by atoms with Crippen molar-refractivity contribution in [3.05, 3.63) is 77.2 Å². The molecule has 3 rings (SSSR count). The summed E-state index contributed by atoms with van der Waals surface area (Å²) in [4.78, 5) is 4.89. The Morgan fingerprint density at radius 3 is 2.48 bits per heavy atom. The van der Waals surface area contributed by atoms with Gasteiger partial charge in [0.15, 0.2) is 0 Å². The molecule has 0 saturated heterocycles. The van der Waals surface area contributed by atoms with Crippen molar-refractivity contribution in [1.29, 1.82) is 0 Å². The van der Waals surface area contributed by atoms with Crippen molar-refractivity contribution >= 4 is 11.6 Å². The van der Waals surface area contributed by atoms with Crippen LogP contribution < -0.4 is 5.73 Å². The van der Waals surface area contributed by atoms with Crippen LogP contribution in [0.5, 0.6) is 0 Å². The maximum atomic E-state index is 6.54. The van der Waals surface area contributed by atoms with Crippen molar-refractivity contribution < 1.29 is 0 Å². The van der Waals surface area contributed by atoms with Gasteiger partial charge in [-0.1, -0.05) is 92.7 Å². The van der Waals surface area contributed by atoms with E-state index in [9.17, 15) is 0 Å². The van der Waals surface area contributed by atoms with Gasteiger partial charge >= 0.3 is 0 Å². The number of halogens is 1. The summed E-state index contributed by atoms with van der Waals surface area (Å²) in [5.74, 6) is 0.935. The Balaban J connectivity index is 1.88. The van der Waals surface area contributed by atoms with E-state index in [2.05, 4.69) is 42.0 Å². The van der Waals surface area contributed by atoms with Crippen LogP contribution in [0.2, 0.25) is 5.02 Å². The maximum absolute atomic E-state index is 6.54. The van der Waals surface area contributed by atoms with Gasteiger partial charge in [0.2, 0.25) is 0 Å². The minimum Gasteiger partial charge on any atom is -0.329 e. The van der Waals surface area contributed by atoms with Crippen LogP contribution in [0, 0.1) is 0 Å². The van der Waals surface area contributed by atoms with E-state index in [0.717, 1.165) is 36.5 Å². The monoisotopic (exact) mass is 381 g/mol. The van der Waals surface area contributed by atoms with E-state index in [1.54, 1.807) is 0 Å². The second kappa shape index (κ2) is 9.72. The van der Waals surface area contributed by atoms with Crippen LogP contribution >= 0.6 is 11.6 Å². The van der Waals surface area contributed by atoms with Crippen LogP contribution in [0.25, 0.3) is 11.3 Å². The van der Waals surface area contributed by atoms with Crippen molar-refractivity contribution in [3.63, 3.8) is 0 Å². The molecule has 2 aromatic carbocycles. The first-order chi connectivity index (χ1) is 13.2. The van der Waals surface area contributed by atoms with E-state index < -0.39 is 0 Å². The van der Waals surface area contributed by atoms with E-state index in [-0.39, 0.29) is 6.04 Å². The highest BCUT2D eigenvalue weighted by atomic mass is 35.5. The summed E-state index contributed by atoms with van der Waals surface area (Å²) < 4.78 is 2.18. The number of unbranched alkanes of at least 4 members (excludes halogenated alkanes) is 3. The summed E-state index contributed by atoms with van der Waals surface area (Å²) in [6.45, 7) is 2.98. The van der Waals surface area contributed by atoms with Gasteiger partial charge in [-0.25, -0.2) is 4.98 Å². The molecule has 0 fully saturated rings. The van der Waals surface area contributed by atoms with Gasteiger partial charge in [0.25, 0.3) is 0 Å². The molecule has 2 N–H and O–H groups in total. The topological polar surface area (TPSA) is 43.8 Å². The molecule has 3 nitrogen and oxygen atoms in total. The molecule has 0 radical (unpaired) electrons. The summed E-state index contributed by atoms with van der Waals surface area (Å²) in [5.41, 5.74) is 9.62. The molecule has 1 unspecified atom stereocenters. The number of nitrogens with two attached hydrogens (primary N) is 1. The van der Waals surface area contributed by atoms with Crippen molar-refractivity contribution in [1.82, 2.24) is 9.55 Å². The van der Waals surface area contributed by atoms with Crippen molar-refractivity contribution in [2.24, 2.45) is 5.73 Å². The maximum Gasteiger partial charge on any atom is 0.126 e. The third-order valence-electron chi connectivity index (χ3n) is 4.85. The van der Waals surface area contributed by atoms with Crippen LogP contribution in [-0.4, -0.2) is 9.55 Å². The molecular weight excluding hydrogens is 354 g/mol. The predicted molar refractivity (Wildman–Crippen MR) is 114 cm³/mol. The van der Waals surface area contributed by atoms with Crippen LogP contribution in [0.3, 0.4) is 0 Å². The lowest BCUT2D eigenvalue weighted by Gasteiger charge is -2.14. The molecule has 27 heavy (non-hydrogen) atoms. The molecule has 0 aliphatic rings. The normalized spacial score (nSPS) is 12.3. The lowest BCUT2D eigenvalue weighted by Crippen LogP contribution is -2.17. The molecule has 0 spiro atoms. The largest absolute Gasteiger partial charge is 0.329 e. The summed E-state index contributed by atoms with van der Waals surface area (Å²) in [6.07, 6.45) is 7.88. The Morgan fingerprint density at radius 2 is 1.74 bits per heavy atom. The SMILES string of the molecule is CCCCCCC(N)c1nc(-c2ccccc2Cl)cn1Cc1ccccc1. The van der Waals surface area contributed by atoms with E-state index in [1.165, 1.54) is 24.8 Å². The fourth-order valence-corrected chi connectivity index (χ4v) is 3.58. The third-order valence-corrected chi connectivity index (χ3v) is 5.18.